The SMILES string of the molecule is CCCN1C(=O)c2ccccc2[C@H](C(=O)NCc2ccco2)[C@H]1c1cc(OC)c(OC)c(OC)c1. The Kier molecular flexibility index (Phi) is 7.29. The van der Waals surface area contributed by atoms with Gasteiger partial charge in [0.1, 0.15) is 5.76 Å². The number of carbonyl (C=O) groups excluding carboxylic acids is 2. The molecular formula is C27H30N2O6. The lowest BCUT2D eigenvalue weighted by Gasteiger charge is -2.42. The Bertz CT molecular complexity index is 1170. The van der Waals surface area contributed by atoms with Crippen molar-refractivity contribution in [1.82, 2.24) is 10.2 Å². The van der Waals surface area contributed by atoms with Crippen molar-refractivity contribution in [2.45, 2.75) is 31.8 Å². The molecule has 8 nitrogen and oxygen atoms in total. The maximum atomic E-state index is 13.8. The lowest BCUT2D eigenvalue weighted by atomic mass is 9.79. The molecule has 0 aliphatic carbocycles. The third kappa shape index (κ3) is 4.56. The minimum Gasteiger partial charge on any atom is -0.493 e. The summed E-state index contributed by atoms with van der Waals surface area (Å²) < 4.78 is 22.0. The molecule has 0 spiro atoms. The topological polar surface area (TPSA) is 90.2 Å². The molecule has 184 valence electrons. The lowest BCUT2D eigenvalue weighted by molar-refractivity contribution is -0.124. The zero-order valence-corrected chi connectivity index (χ0v) is 20.4. The van der Waals surface area contributed by atoms with Crippen LogP contribution in [0.15, 0.2) is 59.2 Å². The molecule has 2 heterocycles. The molecule has 1 aromatic heterocycles. The first-order valence-corrected chi connectivity index (χ1v) is 11.5. The quantitative estimate of drug-likeness (QED) is 0.493. The predicted octanol–water partition coefficient (Wildman–Crippen LogP) is 4.31. The number of carbonyl (C=O) groups is 2. The second kappa shape index (κ2) is 10.5. The minimum atomic E-state index is -0.659. The second-order valence-electron chi connectivity index (χ2n) is 8.26. The van der Waals surface area contributed by atoms with Crippen LogP contribution in [0.4, 0.5) is 0 Å². The summed E-state index contributed by atoms with van der Waals surface area (Å²) in [5, 5.41) is 2.99. The summed E-state index contributed by atoms with van der Waals surface area (Å²) in [6.07, 6.45) is 2.30. The molecule has 2 atom stereocenters. The summed E-state index contributed by atoms with van der Waals surface area (Å²) in [7, 11) is 4.62. The molecule has 1 aliphatic rings. The van der Waals surface area contributed by atoms with Gasteiger partial charge in [-0.3, -0.25) is 9.59 Å². The van der Waals surface area contributed by atoms with E-state index >= 15 is 0 Å². The van der Waals surface area contributed by atoms with Crippen LogP contribution in [-0.4, -0.2) is 44.6 Å². The number of ether oxygens (including phenoxy) is 3. The number of amides is 2. The van der Waals surface area contributed by atoms with Crippen molar-refractivity contribution in [3.8, 4) is 17.2 Å². The Labute approximate surface area is 204 Å². The number of fused-ring (bicyclic) bond motifs is 1. The highest BCUT2D eigenvalue weighted by Gasteiger charge is 2.44. The molecule has 0 bridgehead atoms. The Morgan fingerprint density at radius 1 is 1.03 bits per heavy atom. The van der Waals surface area contributed by atoms with E-state index in [1.54, 1.807) is 43.6 Å². The Hall–Kier alpha value is -3.94. The molecule has 0 fully saturated rings. The van der Waals surface area contributed by atoms with Crippen LogP contribution in [0.5, 0.6) is 17.2 Å². The van der Waals surface area contributed by atoms with E-state index in [-0.39, 0.29) is 18.4 Å². The van der Waals surface area contributed by atoms with E-state index in [9.17, 15) is 9.59 Å². The van der Waals surface area contributed by atoms with E-state index < -0.39 is 12.0 Å². The molecule has 0 unspecified atom stereocenters. The van der Waals surface area contributed by atoms with Crippen LogP contribution in [0, 0.1) is 0 Å². The van der Waals surface area contributed by atoms with E-state index in [2.05, 4.69) is 5.32 Å². The molecule has 2 aromatic carbocycles. The molecule has 8 heteroatoms. The monoisotopic (exact) mass is 478 g/mol. The number of furan rings is 1. The van der Waals surface area contributed by atoms with Crippen molar-refractivity contribution in [2.75, 3.05) is 27.9 Å². The van der Waals surface area contributed by atoms with Crippen molar-refractivity contribution in [3.05, 3.63) is 77.2 Å². The Balaban J connectivity index is 1.86. The normalized spacial score (nSPS) is 17.0. The number of hydrogen-bond donors (Lipinski definition) is 1. The average Bonchev–Trinajstić information content (AvgIpc) is 3.41. The summed E-state index contributed by atoms with van der Waals surface area (Å²) >= 11 is 0. The van der Waals surface area contributed by atoms with Crippen LogP contribution in [0.25, 0.3) is 0 Å². The van der Waals surface area contributed by atoms with E-state index in [0.29, 0.717) is 46.2 Å². The minimum absolute atomic E-state index is 0.115. The van der Waals surface area contributed by atoms with Crippen molar-refractivity contribution < 1.29 is 28.2 Å². The molecule has 3 aromatic rings. The standard InChI is InChI=1S/C27H30N2O6/c1-5-12-29-24(17-14-21(32-2)25(34-4)22(15-17)33-3)23(19-10-6-7-11-20(19)27(29)31)26(30)28-16-18-9-8-13-35-18/h6-11,13-15,23-24H,5,12,16H2,1-4H3,(H,28,30)/t23-,24+/m0/s1. The van der Waals surface area contributed by atoms with Crippen LogP contribution in [0.2, 0.25) is 0 Å². The van der Waals surface area contributed by atoms with Crippen molar-refractivity contribution in [1.29, 1.82) is 0 Å². The van der Waals surface area contributed by atoms with Gasteiger partial charge in [-0.15, -0.1) is 0 Å². The second-order valence-corrected chi connectivity index (χ2v) is 8.26. The van der Waals surface area contributed by atoms with Gasteiger partial charge in [0.05, 0.1) is 46.1 Å². The van der Waals surface area contributed by atoms with Gasteiger partial charge in [-0.25, -0.2) is 0 Å². The molecule has 4 rings (SSSR count). The van der Waals surface area contributed by atoms with Crippen LogP contribution in [-0.2, 0) is 11.3 Å². The van der Waals surface area contributed by atoms with Gasteiger partial charge in [0.15, 0.2) is 11.5 Å². The van der Waals surface area contributed by atoms with E-state index in [1.807, 2.05) is 37.3 Å². The van der Waals surface area contributed by atoms with Gasteiger partial charge >= 0.3 is 0 Å². The summed E-state index contributed by atoms with van der Waals surface area (Å²) in [6.45, 7) is 2.73. The van der Waals surface area contributed by atoms with Crippen LogP contribution >= 0.6 is 0 Å². The third-order valence-electron chi connectivity index (χ3n) is 6.23. The fourth-order valence-corrected chi connectivity index (χ4v) is 4.70. The molecule has 0 saturated carbocycles. The predicted molar refractivity (Wildman–Crippen MR) is 130 cm³/mol. The van der Waals surface area contributed by atoms with Gasteiger partial charge < -0.3 is 28.8 Å². The van der Waals surface area contributed by atoms with Crippen molar-refractivity contribution in [3.63, 3.8) is 0 Å². The maximum Gasteiger partial charge on any atom is 0.254 e. The van der Waals surface area contributed by atoms with Gasteiger partial charge in [0, 0.05) is 12.1 Å². The third-order valence-corrected chi connectivity index (χ3v) is 6.23. The summed E-state index contributed by atoms with van der Waals surface area (Å²) in [4.78, 5) is 29.1. The van der Waals surface area contributed by atoms with E-state index in [4.69, 9.17) is 18.6 Å². The summed E-state index contributed by atoms with van der Waals surface area (Å²) in [5.74, 6) is 1.03. The maximum absolute atomic E-state index is 13.8. The van der Waals surface area contributed by atoms with Crippen LogP contribution in [0.3, 0.4) is 0 Å². The van der Waals surface area contributed by atoms with Crippen molar-refractivity contribution >= 4 is 11.8 Å². The van der Waals surface area contributed by atoms with Crippen molar-refractivity contribution in [2.24, 2.45) is 0 Å². The zero-order valence-electron chi connectivity index (χ0n) is 20.4. The smallest absolute Gasteiger partial charge is 0.254 e. The number of rotatable bonds is 9. The summed E-state index contributed by atoms with van der Waals surface area (Å²) in [6, 6.07) is 13.9. The molecular weight excluding hydrogens is 448 g/mol. The highest BCUT2D eigenvalue weighted by molar-refractivity contribution is 6.01. The van der Waals surface area contributed by atoms with E-state index in [1.165, 1.54) is 7.11 Å². The average molecular weight is 479 g/mol. The summed E-state index contributed by atoms with van der Waals surface area (Å²) in [5.41, 5.74) is 1.93. The highest BCUT2D eigenvalue weighted by atomic mass is 16.5. The number of benzene rings is 2. The first kappa shape index (κ1) is 24.2. The van der Waals surface area contributed by atoms with Gasteiger partial charge in [0.25, 0.3) is 5.91 Å². The first-order chi connectivity index (χ1) is 17.0. The fraction of sp³-hybridized carbons (Fsp3) is 0.333. The van der Waals surface area contributed by atoms with Crippen LogP contribution < -0.4 is 19.5 Å². The molecule has 35 heavy (non-hydrogen) atoms. The number of nitrogens with one attached hydrogen (secondary N) is 1. The molecule has 0 radical (unpaired) electrons. The number of hydrogen-bond acceptors (Lipinski definition) is 6. The molecule has 1 N–H and O–H groups in total. The fourth-order valence-electron chi connectivity index (χ4n) is 4.70. The molecule has 0 saturated heterocycles. The molecule has 2 amide bonds. The first-order valence-electron chi connectivity index (χ1n) is 11.5. The molecule has 1 aliphatic heterocycles. The van der Waals surface area contributed by atoms with E-state index in [0.717, 1.165) is 6.42 Å². The van der Waals surface area contributed by atoms with Gasteiger partial charge in [-0.2, -0.15) is 0 Å². The van der Waals surface area contributed by atoms with Gasteiger partial charge in [-0.05, 0) is 47.9 Å². The Morgan fingerprint density at radius 3 is 2.34 bits per heavy atom. The van der Waals surface area contributed by atoms with Gasteiger partial charge in [-0.1, -0.05) is 25.1 Å². The lowest BCUT2D eigenvalue weighted by Crippen LogP contribution is -2.47. The number of methoxy groups -OCH3 is 3. The Morgan fingerprint density at radius 2 is 1.74 bits per heavy atom. The largest absolute Gasteiger partial charge is 0.493 e. The highest BCUT2D eigenvalue weighted by Crippen LogP contribution is 2.47. The van der Waals surface area contributed by atoms with Gasteiger partial charge in [0.2, 0.25) is 11.7 Å². The van der Waals surface area contributed by atoms with Crippen LogP contribution in [0.1, 0.15) is 52.5 Å². The number of nitrogens with zero attached hydrogens (tertiary/aromatic N) is 1. The zero-order chi connectivity index (χ0) is 24.9.